The second kappa shape index (κ2) is 22.1. The van der Waals surface area contributed by atoms with Crippen molar-refractivity contribution in [2.75, 3.05) is 68.8 Å². The molecule has 7 aliphatic rings. The predicted molar refractivity (Wildman–Crippen MR) is 326 cm³/mol. The number of benzene rings is 3. The highest BCUT2D eigenvalue weighted by Crippen LogP contribution is 2.49. The van der Waals surface area contributed by atoms with Crippen LogP contribution in [0.25, 0.3) is 43.4 Å². The van der Waals surface area contributed by atoms with Gasteiger partial charge in [-0.1, -0.05) is 68.4 Å². The lowest BCUT2D eigenvalue weighted by molar-refractivity contribution is -0.141. The molecule has 7 aromatic rings. The van der Waals surface area contributed by atoms with Crippen LogP contribution in [0.2, 0.25) is 0 Å². The van der Waals surface area contributed by atoms with E-state index >= 15 is 0 Å². The summed E-state index contributed by atoms with van der Waals surface area (Å²) in [4.78, 5) is 74.1. The number of fused-ring (bicyclic) bond motifs is 7. The molecule has 3 N–H and O–H groups in total. The highest BCUT2D eigenvalue weighted by molar-refractivity contribution is 7.13. The molecule has 1 aliphatic carbocycles. The number of thiazole rings is 1. The summed E-state index contributed by atoms with van der Waals surface area (Å²) >= 11 is 1.61. The third-order valence-corrected chi connectivity index (χ3v) is 20.8. The van der Waals surface area contributed by atoms with Gasteiger partial charge in [0.15, 0.2) is 11.6 Å². The minimum Gasteiger partial charge on any atom is -0.508 e. The van der Waals surface area contributed by atoms with Gasteiger partial charge in [-0.15, -0.1) is 11.3 Å². The summed E-state index contributed by atoms with van der Waals surface area (Å²) < 4.78 is 19.1. The molecule has 6 fully saturated rings. The van der Waals surface area contributed by atoms with E-state index in [0.717, 1.165) is 131 Å². The van der Waals surface area contributed by atoms with Gasteiger partial charge in [-0.05, 0) is 124 Å². The maximum Gasteiger partial charge on any atom is 0.409 e. The van der Waals surface area contributed by atoms with Gasteiger partial charge in [-0.25, -0.2) is 9.78 Å². The number of carbonyl (C=O) groups is 3. The lowest BCUT2D eigenvalue weighted by atomic mass is 9.79. The summed E-state index contributed by atoms with van der Waals surface area (Å²) in [5.74, 6) is 1.08. The van der Waals surface area contributed by atoms with Gasteiger partial charge in [-0.3, -0.25) is 19.5 Å². The first-order valence-corrected chi connectivity index (χ1v) is 31.7. The number of aromatic nitrogens is 5. The molecule has 14 rings (SSSR count). The fourth-order valence-electron chi connectivity index (χ4n) is 15.5. The second-order valence-electron chi connectivity index (χ2n) is 25.5. The predicted octanol–water partition coefficient (Wildman–Crippen LogP) is 9.71. The zero-order valence-corrected chi connectivity index (χ0v) is 50.2. The van der Waals surface area contributed by atoms with Gasteiger partial charge in [0, 0.05) is 92.7 Å². The number of hydrogen-bond donors (Lipinski definition) is 3. The summed E-state index contributed by atoms with van der Waals surface area (Å²) in [6.07, 6.45) is 8.98. The number of amides is 3. The molecule has 6 aliphatic heterocycles. The summed E-state index contributed by atoms with van der Waals surface area (Å²) in [7, 11) is 0. The number of ether oxygens (including phenoxy) is 2. The van der Waals surface area contributed by atoms with E-state index in [0.29, 0.717) is 68.9 Å². The number of rotatable bonds is 14. The summed E-state index contributed by atoms with van der Waals surface area (Å²) in [5, 5.41) is 25.4. The molecule has 85 heavy (non-hydrogen) atoms. The molecule has 3 aromatic carbocycles. The van der Waals surface area contributed by atoms with E-state index in [9.17, 15) is 19.5 Å². The summed E-state index contributed by atoms with van der Waals surface area (Å²) in [6, 6.07) is 20.3. The van der Waals surface area contributed by atoms with Crippen molar-refractivity contribution < 1.29 is 33.5 Å². The van der Waals surface area contributed by atoms with Crippen molar-refractivity contribution >= 4 is 62.6 Å². The molecule has 444 valence electrons. The molecule has 2 bridgehead atoms. The fourth-order valence-corrected chi connectivity index (χ4v) is 16.3. The number of phenols is 1. The molecular weight excluding hydrogens is 1090 g/mol. The fraction of sp³-hybridized carbons (Fsp3) is 0.508. The van der Waals surface area contributed by atoms with Gasteiger partial charge in [-0.2, -0.15) is 9.97 Å². The van der Waals surface area contributed by atoms with E-state index in [1.807, 2.05) is 75.8 Å². The van der Waals surface area contributed by atoms with E-state index in [1.165, 1.54) is 5.56 Å². The second-order valence-corrected chi connectivity index (χ2v) is 26.4. The number of pyridine rings is 1. The maximum absolute atomic E-state index is 14.5. The van der Waals surface area contributed by atoms with Crippen LogP contribution in [-0.4, -0.2) is 158 Å². The third-order valence-electron chi connectivity index (χ3n) is 19.9. The van der Waals surface area contributed by atoms with Crippen molar-refractivity contribution in [1.82, 2.24) is 50.4 Å². The Bertz CT molecular complexity index is 3710. The molecule has 4 unspecified atom stereocenters. The van der Waals surface area contributed by atoms with Crippen molar-refractivity contribution in [1.29, 1.82) is 0 Å². The standard InChI is InChI=1S/C65H76N12O7S/c1-36(2)54(62(80)76-22-8-12-51(76)61(79)68-39(5)41-13-15-42(16-14-41)59-40(6)67-35-85-59)52-28-53(72-84-52)75-25-24-73(30-37(75)3)64(81)82-33-46-19-21-65(20-9-23-77(46)65)34-83-63-70-58-50(60(71-63)74-31-44-17-18-45(32-74)69-44)29-66-57-49-27-47(78)26-43-10-7-11-48(56(43)49)38(4)55(57)58/h7,10-11,13-16,26-29,35-39,44-46,51,54,69,78H,8-9,12,17-25,30-34H2,1-6H3,(H,68,79)/t37-,38?,39+,44?,45?,46+,51+,54?,65+/m1/s1. The largest absolute Gasteiger partial charge is 0.508 e. The molecule has 10 heterocycles. The Morgan fingerprint density at radius 2 is 1.74 bits per heavy atom. The summed E-state index contributed by atoms with van der Waals surface area (Å²) in [5.41, 5.74) is 9.47. The van der Waals surface area contributed by atoms with Crippen molar-refractivity contribution in [3.8, 4) is 33.5 Å². The zero-order valence-electron chi connectivity index (χ0n) is 49.4. The monoisotopic (exact) mass is 1170 g/mol. The normalized spacial score (nSPS) is 25.2. The van der Waals surface area contributed by atoms with Crippen molar-refractivity contribution in [2.24, 2.45) is 5.92 Å². The lowest BCUT2D eigenvalue weighted by Crippen LogP contribution is -2.54. The van der Waals surface area contributed by atoms with Crippen molar-refractivity contribution in [2.45, 2.75) is 147 Å². The molecule has 9 atom stereocenters. The molecule has 0 spiro atoms. The van der Waals surface area contributed by atoms with Crippen LogP contribution < -0.4 is 25.2 Å². The Balaban J connectivity index is 0.610. The number of phenolic OH excluding ortho intramolecular Hbond substituents is 1. The summed E-state index contributed by atoms with van der Waals surface area (Å²) in [6.45, 7) is 17.4. The Hall–Kier alpha value is -7.42. The number of likely N-dealkylation sites (tertiary alicyclic amines) is 1. The minimum absolute atomic E-state index is 0.0115. The number of nitrogens with one attached hydrogen (secondary N) is 2. The minimum atomic E-state index is -0.629. The molecule has 4 aromatic heterocycles. The van der Waals surface area contributed by atoms with Gasteiger partial charge in [0.2, 0.25) is 11.8 Å². The zero-order chi connectivity index (χ0) is 58.4. The Morgan fingerprint density at radius 1 is 0.918 bits per heavy atom. The lowest BCUT2D eigenvalue weighted by Gasteiger charge is -2.39. The van der Waals surface area contributed by atoms with Crippen LogP contribution in [0.3, 0.4) is 0 Å². The van der Waals surface area contributed by atoms with Crippen LogP contribution in [0.4, 0.5) is 16.4 Å². The average Bonchev–Trinajstić information content (AvgIpc) is 1.86. The van der Waals surface area contributed by atoms with Gasteiger partial charge in [0.25, 0.3) is 0 Å². The Kier molecular flexibility index (Phi) is 14.4. The SMILES string of the molecule is Cc1ncsc1-c1ccc([C@H](C)NC(=O)[C@@H]2CCCN2C(=O)C(c2cc(N3CCN(C(=O)OC[C@@H]4CC[C@]5(COc6nc(N7CC8CCC(C7)N8)c7cnc8c(c7n6)C(C)c6cccc7cc(O)cc-8c67)CCCN45)C[C@H]3C)no2)C(C)C)cc1. The number of piperazine rings is 2. The Morgan fingerprint density at radius 3 is 2.52 bits per heavy atom. The Labute approximate surface area is 499 Å². The number of hydrogen-bond acceptors (Lipinski definition) is 17. The van der Waals surface area contributed by atoms with Crippen molar-refractivity contribution in [3.05, 3.63) is 101 Å². The van der Waals surface area contributed by atoms with Crippen LogP contribution >= 0.6 is 11.3 Å². The van der Waals surface area contributed by atoms with E-state index in [4.69, 9.17) is 28.9 Å². The molecule has 19 nitrogen and oxygen atoms in total. The molecule has 20 heteroatoms. The number of aromatic hydroxyl groups is 1. The highest BCUT2D eigenvalue weighted by atomic mass is 32.1. The van der Waals surface area contributed by atoms with Gasteiger partial charge >= 0.3 is 12.1 Å². The van der Waals surface area contributed by atoms with Gasteiger partial charge in [0.05, 0.1) is 44.3 Å². The molecule has 0 saturated carbocycles. The molecule has 0 radical (unpaired) electrons. The number of nitrogens with zero attached hydrogens (tertiary/aromatic N) is 10. The molecule has 3 amide bonds. The van der Waals surface area contributed by atoms with Crippen molar-refractivity contribution in [3.63, 3.8) is 0 Å². The van der Waals surface area contributed by atoms with Crippen LogP contribution in [0.1, 0.15) is 132 Å². The van der Waals surface area contributed by atoms with Crippen LogP contribution in [0.15, 0.2) is 76.9 Å². The first-order chi connectivity index (χ1) is 41.2. The first kappa shape index (κ1) is 55.5. The quantitative estimate of drug-likeness (QED) is 0.0926. The van der Waals surface area contributed by atoms with Crippen LogP contribution in [-0.2, 0) is 14.3 Å². The topological polar surface area (TPSA) is 208 Å². The van der Waals surface area contributed by atoms with Crippen LogP contribution in [0, 0.1) is 12.8 Å². The van der Waals surface area contributed by atoms with E-state index in [2.05, 4.69) is 73.6 Å². The molecular formula is C65H76N12O7S. The van der Waals surface area contributed by atoms with Gasteiger partial charge in [0.1, 0.15) is 36.7 Å². The smallest absolute Gasteiger partial charge is 0.409 e. The third kappa shape index (κ3) is 9.98. The van der Waals surface area contributed by atoms with Gasteiger partial charge < -0.3 is 49.3 Å². The number of aryl methyl sites for hydroxylation is 1. The average molecular weight is 1170 g/mol. The molecule has 6 saturated heterocycles. The number of carbonyl (C=O) groups excluding carboxylic acids is 3. The highest BCUT2D eigenvalue weighted by Gasteiger charge is 2.51. The van der Waals surface area contributed by atoms with E-state index < -0.39 is 12.0 Å². The van der Waals surface area contributed by atoms with E-state index in [-0.39, 0.29) is 65.8 Å². The van der Waals surface area contributed by atoms with E-state index in [1.54, 1.807) is 21.1 Å². The van der Waals surface area contributed by atoms with Crippen LogP contribution in [0.5, 0.6) is 11.8 Å². The first-order valence-electron chi connectivity index (χ1n) is 30.8. The number of anilines is 2. The maximum atomic E-state index is 14.5.